The third-order valence-corrected chi connectivity index (χ3v) is 4.06. The van der Waals surface area contributed by atoms with Crippen molar-refractivity contribution < 1.29 is 9.47 Å². The first-order valence-corrected chi connectivity index (χ1v) is 9.94. The normalized spacial score (nSPS) is 10.4. The molecular formula is C25H30O2. The molecule has 0 saturated carbocycles. The maximum absolute atomic E-state index is 5.71. The highest BCUT2D eigenvalue weighted by molar-refractivity contribution is 5.45. The number of hydrogen-bond acceptors (Lipinski definition) is 2. The quantitative estimate of drug-likeness (QED) is 0.277. The van der Waals surface area contributed by atoms with E-state index in [4.69, 9.17) is 9.47 Å². The number of unbranched alkanes of at least 4 members (excludes halogenated alkanes) is 3. The number of rotatable bonds is 10. The fourth-order valence-electron chi connectivity index (χ4n) is 2.40. The minimum absolute atomic E-state index is 0.613. The van der Waals surface area contributed by atoms with E-state index >= 15 is 0 Å². The van der Waals surface area contributed by atoms with Crippen LogP contribution in [0.3, 0.4) is 0 Å². The van der Waals surface area contributed by atoms with Crippen LogP contribution in [-0.2, 0) is 0 Å². The van der Waals surface area contributed by atoms with E-state index in [0.29, 0.717) is 6.61 Å². The summed E-state index contributed by atoms with van der Waals surface area (Å²) < 4.78 is 11.4. The highest BCUT2D eigenvalue weighted by Crippen LogP contribution is 2.14. The van der Waals surface area contributed by atoms with E-state index in [2.05, 4.69) is 37.8 Å². The summed E-state index contributed by atoms with van der Waals surface area (Å²) in [5.41, 5.74) is 1.96. The molecule has 0 aliphatic rings. The Morgan fingerprint density at radius 3 is 1.81 bits per heavy atom. The van der Waals surface area contributed by atoms with Gasteiger partial charge in [-0.3, -0.25) is 0 Å². The van der Waals surface area contributed by atoms with E-state index in [0.717, 1.165) is 48.5 Å². The number of allylic oxidation sites excluding steroid dienone is 1. The molecule has 0 unspecified atom stereocenters. The lowest BCUT2D eigenvalue weighted by Crippen LogP contribution is -1.95. The molecule has 0 aliphatic carbocycles. The first kappa shape index (κ1) is 20.6. The van der Waals surface area contributed by atoms with Crippen molar-refractivity contribution in [3.05, 3.63) is 71.8 Å². The molecule has 0 aromatic heterocycles. The van der Waals surface area contributed by atoms with Gasteiger partial charge in [-0.25, -0.2) is 0 Å². The van der Waals surface area contributed by atoms with Gasteiger partial charge in [-0.05, 0) is 61.4 Å². The number of ether oxygens (including phenoxy) is 2. The molecule has 0 bridgehead atoms. The van der Waals surface area contributed by atoms with Crippen LogP contribution in [-0.4, -0.2) is 13.2 Å². The smallest absolute Gasteiger partial charge is 0.119 e. The maximum Gasteiger partial charge on any atom is 0.119 e. The van der Waals surface area contributed by atoms with Crippen LogP contribution in [0, 0.1) is 11.8 Å². The highest BCUT2D eigenvalue weighted by Gasteiger charge is 1.95. The summed E-state index contributed by atoms with van der Waals surface area (Å²) in [6.45, 7) is 5.74. The van der Waals surface area contributed by atoms with Gasteiger partial charge in [0.15, 0.2) is 0 Å². The Labute approximate surface area is 164 Å². The number of hydrogen-bond donors (Lipinski definition) is 0. The summed E-state index contributed by atoms with van der Waals surface area (Å²) in [6.07, 6.45) is 10.1. The lowest BCUT2D eigenvalue weighted by Gasteiger charge is -2.04. The van der Waals surface area contributed by atoms with Crippen LogP contribution in [0.2, 0.25) is 0 Å². The molecule has 0 radical (unpaired) electrons. The fraction of sp³-hybridized carbons (Fsp3) is 0.360. The molecule has 0 spiro atoms. The van der Waals surface area contributed by atoms with Gasteiger partial charge in [0.25, 0.3) is 0 Å². The first-order chi connectivity index (χ1) is 13.3. The Kier molecular flexibility index (Phi) is 9.68. The lowest BCUT2D eigenvalue weighted by molar-refractivity contribution is 0.309. The summed E-state index contributed by atoms with van der Waals surface area (Å²) in [5.74, 6) is 8.15. The third-order valence-electron chi connectivity index (χ3n) is 4.06. The molecule has 0 aliphatic heterocycles. The van der Waals surface area contributed by atoms with Crippen LogP contribution < -0.4 is 9.47 Å². The first-order valence-electron chi connectivity index (χ1n) is 9.94. The average Bonchev–Trinajstić information content (AvgIpc) is 2.71. The van der Waals surface area contributed by atoms with Gasteiger partial charge in [-0.2, -0.15) is 0 Å². The van der Waals surface area contributed by atoms with Crippen molar-refractivity contribution in [1.29, 1.82) is 0 Å². The van der Waals surface area contributed by atoms with Crippen molar-refractivity contribution in [3.8, 4) is 23.3 Å². The molecular weight excluding hydrogens is 332 g/mol. The third kappa shape index (κ3) is 8.51. The predicted molar refractivity (Wildman–Crippen MR) is 113 cm³/mol. The monoisotopic (exact) mass is 362 g/mol. The van der Waals surface area contributed by atoms with E-state index in [1.54, 1.807) is 0 Å². The van der Waals surface area contributed by atoms with Gasteiger partial charge in [0.2, 0.25) is 0 Å². The second kappa shape index (κ2) is 12.7. The molecule has 0 N–H and O–H groups in total. The average molecular weight is 363 g/mol. The molecule has 0 heterocycles. The van der Waals surface area contributed by atoms with Crippen molar-refractivity contribution >= 4 is 0 Å². The van der Waals surface area contributed by atoms with Crippen LogP contribution >= 0.6 is 0 Å². The SMILES string of the molecule is CCCCC=CCOc1ccc(C#Cc2ccc(OCCCC)cc2)cc1. The van der Waals surface area contributed by atoms with Gasteiger partial charge >= 0.3 is 0 Å². The van der Waals surface area contributed by atoms with E-state index in [1.165, 1.54) is 12.8 Å². The van der Waals surface area contributed by atoms with Gasteiger partial charge in [-0.1, -0.05) is 57.1 Å². The molecule has 2 aromatic rings. The van der Waals surface area contributed by atoms with E-state index in [9.17, 15) is 0 Å². The maximum atomic E-state index is 5.71. The van der Waals surface area contributed by atoms with Gasteiger partial charge < -0.3 is 9.47 Å². The summed E-state index contributed by atoms with van der Waals surface area (Å²) in [4.78, 5) is 0. The Hall–Kier alpha value is -2.66. The Morgan fingerprint density at radius 1 is 0.704 bits per heavy atom. The lowest BCUT2D eigenvalue weighted by atomic mass is 10.2. The molecule has 142 valence electrons. The second-order valence-corrected chi connectivity index (χ2v) is 6.43. The van der Waals surface area contributed by atoms with Gasteiger partial charge in [0, 0.05) is 11.1 Å². The molecule has 27 heavy (non-hydrogen) atoms. The van der Waals surface area contributed by atoms with E-state index < -0.39 is 0 Å². The van der Waals surface area contributed by atoms with E-state index in [-0.39, 0.29) is 0 Å². The molecule has 2 heteroatoms. The Bertz CT molecular complexity index is 731. The molecule has 0 fully saturated rings. The Morgan fingerprint density at radius 2 is 1.26 bits per heavy atom. The zero-order valence-electron chi connectivity index (χ0n) is 16.5. The minimum Gasteiger partial charge on any atom is -0.494 e. The standard InChI is InChI=1S/C25H30O2/c1-3-5-7-8-9-21-27-25-18-14-23(15-19-25)11-10-22-12-16-24(17-13-22)26-20-6-4-2/h8-9,12-19H,3-7,20-21H2,1-2H3. The zero-order valence-corrected chi connectivity index (χ0v) is 16.5. The predicted octanol–water partition coefficient (Wildman–Crippen LogP) is 6.39. The molecule has 2 nitrogen and oxygen atoms in total. The van der Waals surface area contributed by atoms with Crippen LogP contribution in [0.5, 0.6) is 11.5 Å². The molecule has 0 atom stereocenters. The highest BCUT2D eigenvalue weighted by atomic mass is 16.5. The van der Waals surface area contributed by atoms with Gasteiger partial charge in [0.05, 0.1) is 6.61 Å². The summed E-state index contributed by atoms with van der Waals surface area (Å²) in [7, 11) is 0. The summed E-state index contributed by atoms with van der Waals surface area (Å²) in [6, 6.07) is 15.9. The largest absolute Gasteiger partial charge is 0.494 e. The fourth-order valence-corrected chi connectivity index (χ4v) is 2.40. The topological polar surface area (TPSA) is 18.5 Å². The van der Waals surface area contributed by atoms with Gasteiger partial charge in [-0.15, -0.1) is 0 Å². The van der Waals surface area contributed by atoms with Crippen molar-refractivity contribution in [3.63, 3.8) is 0 Å². The van der Waals surface area contributed by atoms with Crippen LogP contribution in [0.4, 0.5) is 0 Å². The molecule has 0 amide bonds. The van der Waals surface area contributed by atoms with Crippen LogP contribution in [0.25, 0.3) is 0 Å². The van der Waals surface area contributed by atoms with Gasteiger partial charge in [0.1, 0.15) is 18.1 Å². The van der Waals surface area contributed by atoms with Crippen molar-refractivity contribution in [2.45, 2.75) is 46.0 Å². The number of benzene rings is 2. The Balaban J connectivity index is 1.81. The molecule has 0 saturated heterocycles. The van der Waals surface area contributed by atoms with Crippen LogP contribution in [0.15, 0.2) is 60.7 Å². The molecule has 2 aromatic carbocycles. The van der Waals surface area contributed by atoms with Crippen molar-refractivity contribution in [2.75, 3.05) is 13.2 Å². The van der Waals surface area contributed by atoms with Crippen molar-refractivity contribution in [2.24, 2.45) is 0 Å². The van der Waals surface area contributed by atoms with Crippen LogP contribution in [0.1, 0.15) is 57.1 Å². The van der Waals surface area contributed by atoms with E-state index in [1.807, 2.05) is 48.5 Å². The van der Waals surface area contributed by atoms with Crippen molar-refractivity contribution in [1.82, 2.24) is 0 Å². The summed E-state index contributed by atoms with van der Waals surface area (Å²) in [5, 5.41) is 0. The summed E-state index contributed by atoms with van der Waals surface area (Å²) >= 11 is 0. The minimum atomic E-state index is 0.613. The zero-order chi connectivity index (χ0) is 19.2. The molecule has 2 rings (SSSR count). The second-order valence-electron chi connectivity index (χ2n) is 6.43.